The maximum Gasteiger partial charge on any atom is 0.297 e. The molecule has 6 rings (SSSR count). The Morgan fingerprint density at radius 1 is 1.00 bits per heavy atom. The van der Waals surface area contributed by atoms with Crippen LogP contribution in [0.1, 0.15) is 33.3 Å². The number of halogens is 1. The second-order valence-corrected chi connectivity index (χ2v) is 9.92. The van der Waals surface area contributed by atoms with E-state index in [2.05, 4.69) is 0 Å². The molecule has 1 amide bonds. The number of hydrogen-bond donors (Lipinski definition) is 0. The minimum atomic E-state index is -0.784. The smallest absolute Gasteiger partial charge is 0.297 e. The number of thiazole rings is 1. The van der Waals surface area contributed by atoms with Crippen LogP contribution in [-0.2, 0) is 0 Å². The van der Waals surface area contributed by atoms with Crippen molar-refractivity contribution in [2.75, 3.05) is 19.1 Å². The van der Waals surface area contributed by atoms with Crippen molar-refractivity contribution in [2.24, 2.45) is 0 Å². The molecule has 36 heavy (non-hydrogen) atoms. The van der Waals surface area contributed by atoms with Gasteiger partial charge in [0.2, 0.25) is 5.76 Å². The summed E-state index contributed by atoms with van der Waals surface area (Å²) in [5.41, 5.74) is 2.73. The number of nitrogens with zero attached hydrogens (tertiary/aromatic N) is 2. The fourth-order valence-electron chi connectivity index (χ4n) is 4.60. The van der Waals surface area contributed by atoms with Crippen molar-refractivity contribution in [1.82, 2.24) is 4.98 Å². The molecule has 0 saturated heterocycles. The van der Waals surface area contributed by atoms with Gasteiger partial charge < -0.3 is 13.9 Å². The molecule has 0 fully saturated rings. The van der Waals surface area contributed by atoms with Crippen molar-refractivity contribution in [3.8, 4) is 11.5 Å². The van der Waals surface area contributed by atoms with Gasteiger partial charge in [0, 0.05) is 5.02 Å². The van der Waals surface area contributed by atoms with Gasteiger partial charge in [0.15, 0.2) is 22.1 Å². The number of rotatable bonds is 4. The van der Waals surface area contributed by atoms with Crippen LogP contribution in [0.4, 0.5) is 5.13 Å². The lowest BCUT2D eigenvalue weighted by Gasteiger charge is -2.23. The van der Waals surface area contributed by atoms with Crippen LogP contribution in [0.3, 0.4) is 0 Å². The number of benzene rings is 3. The highest BCUT2D eigenvalue weighted by Crippen LogP contribution is 2.45. The predicted octanol–water partition coefficient (Wildman–Crippen LogP) is 6.13. The lowest BCUT2D eigenvalue weighted by atomic mass is 9.98. The molecule has 1 unspecified atom stereocenters. The number of aromatic nitrogens is 1. The minimum absolute atomic E-state index is 0.00922. The van der Waals surface area contributed by atoms with E-state index in [1.165, 1.54) is 23.3 Å². The van der Waals surface area contributed by atoms with Gasteiger partial charge in [-0.05, 0) is 60.5 Å². The Morgan fingerprint density at radius 2 is 1.81 bits per heavy atom. The molecule has 0 radical (unpaired) electrons. The van der Waals surface area contributed by atoms with Crippen LogP contribution < -0.4 is 19.8 Å². The van der Waals surface area contributed by atoms with E-state index in [4.69, 9.17) is 30.5 Å². The SMILES string of the molecule is COc1ccc(C2c3c(oc4ccc(Cl)cc4c3=O)C(=O)N2c2nc3ccc(C)cc3s2)cc1OC. The standard InChI is InChI=1S/C27H19ClN2O5S/c1-13-4-7-17-21(10-13)36-27(29-17)30-23(14-5-8-19(33-2)20(11-14)34-3)22-24(31)16-12-15(28)6-9-18(16)35-25(22)26(30)32/h4-12,23H,1-3H3. The van der Waals surface area contributed by atoms with Gasteiger partial charge in [0.1, 0.15) is 5.58 Å². The minimum Gasteiger partial charge on any atom is -0.493 e. The average Bonchev–Trinajstić information content (AvgIpc) is 3.42. The molecule has 0 saturated carbocycles. The van der Waals surface area contributed by atoms with Crippen LogP contribution in [0.2, 0.25) is 5.02 Å². The van der Waals surface area contributed by atoms with Crippen LogP contribution in [0, 0.1) is 6.92 Å². The van der Waals surface area contributed by atoms with Gasteiger partial charge in [-0.3, -0.25) is 14.5 Å². The largest absolute Gasteiger partial charge is 0.493 e. The summed E-state index contributed by atoms with van der Waals surface area (Å²) in [5.74, 6) is 0.564. The number of carbonyl (C=O) groups excluding carboxylic acids is 1. The van der Waals surface area contributed by atoms with E-state index in [-0.39, 0.29) is 16.8 Å². The summed E-state index contributed by atoms with van der Waals surface area (Å²) in [7, 11) is 3.08. The summed E-state index contributed by atoms with van der Waals surface area (Å²) in [6.45, 7) is 2.00. The number of ether oxygens (including phenoxy) is 2. The zero-order chi connectivity index (χ0) is 25.1. The van der Waals surface area contributed by atoms with Crippen molar-refractivity contribution in [2.45, 2.75) is 13.0 Å². The fourth-order valence-corrected chi connectivity index (χ4v) is 5.87. The Hall–Kier alpha value is -3.88. The molecule has 0 bridgehead atoms. The van der Waals surface area contributed by atoms with Crippen LogP contribution >= 0.6 is 22.9 Å². The summed E-state index contributed by atoms with van der Waals surface area (Å²) < 4.78 is 17.9. The van der Waals surface area contributed by atoms with Crippen molar-refractivity contribution in [3.63, 3.8) is 0 Å². The highest BCUT2D eigenvalue weighted by Gasteiger charge is 2.45. The molecule has 0 aliphatic carbocycles. The summed E-state index contributed by atoms with van der Waals surface area (Å²) in [6.07, 6.45) is 0. The third-order valence-corrected chi connectivity index (χ3v) is 7.55. The quantitative estimate of drug-likeness (QED) is 0.284. The maximum absolute atomic E-state index is 13.8. The van der Waals surface area contributed by atoms with E-state index >= 15 is 0 Å². The van der Waals surface area contributed by atoms with Crippen molar-refractivity contribution in [1.29, 1.82) is 0 Å². The Balaban J connectivity index is 1.64. The van der Waals surface area contributed by atoms with E-state index in [0.29, 0.717) is 38.2 Å². The Kier molecular flexibility index (Phi) is 5.24. The van der Waals surface area contributed by atoms with E-state index in [1.54, 1.807) is 43.5 Å². The van der Waals surface area contributed by atoms with Crippen LogP contribution in [-0.4, -0.2) is 25.1 Å². The second kappa shape index (κ2) is 8.36. The summed E-state index contributed by atoms with van der Waals surface area (Å²) in [4.78, 5) is 33.9. The number of hydrogen-bond acceptors (Lipinski definition) is 7. The maximum atomic E-state index is 13.8. The molecular formula is C27H19ClN2O5S. The predicted molar refractivity (Wildman–Crippen MR) is 140 cm³/mol. The van der Waals surface area contributed by atoms with Crippen molar-refractivity contribution >= 4 is 55.2 Å². The first-order chi connectivity index (χ1) is 17.4. The number of fused-ring (bicyclic) bond motifs is 3. The Labute approximate surface area is 214 Å². The first-order valence-corrected chi connectivity index (χ1v) is 12.3. The van der Waals surface area contributed by atoms with E-state index in [1.807, 2.05) is 25.1 Å². The molecule has 9 heteroatoms. The van der Waals surface area contributed by atoms with E-state index in [0.717, 1.165) is 15.8 Å². The van der Waals surface area contributed by atoms with Gasteiger partial charge in [0.25, 0.3) is 5.91 Å². The van der Waals surface area contributed by atoms with Crippen LogP contribution in [0.25, 0.3) is 21.2 Å². The average molecular weight is 519 g/mol. The molecule has 2 aromatic heterocycles. The highest BCUT2D eigenvalue weighted by molar-refractivity contribution is 7.22. The summed E-state index contributed by atoms with van der Waals surface area (Å²) in [6, 6.07) is 15.2. The van der Waals surface area contributed by atoms with Crippen LogP contribution in [0.5, 0.6) is 11.5 Å². The van der Waals surface area contributed by atoms with Crippen LogP contribution in [0.15, 0.2) is 63.8 Å². The van der Waals surface area contributed by atoms with Gasteiger partial charge in [-0.2, -0.15) is 0 Å². The Morgan fingerprint density at radius 3 is 2.58 bits per heavy atom. The first-order valence-electron chi connectivity index (χ1n) is 11.1. The molecule has 1 aliphatic heterocycles. The molecule has 0 N–H and O–H groups in total. The van der Waals surface area contributed by atoms with Gasteiger partial charge in [-0.15, -0.1) is 0 Å². The third kappa shape index (κ3) is 3.37. The number of amides is 1. The molecule has 3 heterocycles. The number of methoxy groups -OCH3 is 2. The molecule has 1 atom stereocenters. The zero-order valence-corrected chi connectivity index (χ0v) is 21.1. The van der Waals surface area contributed by atoms with E-state index in [9.17, 15) is 9.59 Å². The summed E-state index contributed by atoms with van der Waals surface area (Å²) >= 11 is 7.57. The molecule has 7 nitrogen and oxygen atoms in total. The molecule has 180 valence electrons. The van der Waals surface area contributed by atoms with Gasteiger partial charge in [0.05, 0.1) is 41.4 Å². The number of carbonyl (C=O) groups is 1. The number of aryl methyl sites for hydroxylation is 1. The number of anilines is 1. The molecule has 3 aromatic carbocycles. The first kappa shape index (κ1) is 22.6. The topological polar surface area (TPSA) is 81.9 Å². The van der Waals surface area contributed by atoms with E-state index < -0.39 is 11.9 Å². The monoisotopic (exact) mass is 518 g/mol. The van der Waals surface area contributed by atoms with Gasteiger partial charge in [-0.1, -0.05) is 35.1 Å². The second-order valence-electron chi connectivity index (χ2n) is 8.47. The molecule has 0 spiro atoms. The van der Waals surface area contributed by atoms with Gasteiger partial charge >= 0.3 is 0 Å². The van der Waals surface area contributed by atoms with Gasteiger partial charge in [-0.25, -0.2) is 4.98 Å². The molecule has 1 aliphatic rings. The lowest BCUT2D eigenvalue weighted by molar-refractivity contribution is 0.0971. The highest BCUT2D eigenvalue weighted by atomic mass is 35.5. The lowest BCUT2D eigenvalue weighted by Crippen LogP contribution is -2.29. The molecular weight excluding hydrogens is 500 g/mol. The zero-order valence-electron chi connectivity index (χ0n) is 19.5. The molecule has 5 aromatic rings. The van der Waals surface area contributed by atoms with Crippen molar-refractivity contribution < 1.29 is 18.7 Å². The van der Waals surface area contributed by atoms with Crippen molar-refractivity contribution in [3.05, 3.63) is 92.3 Å². The Bertz CT molecular complexity index is 1760. The normalized spacial score (nSPS) is 15.1. The third-order valence-electron chi connectivity index (χ3n) is 6.29. The fraction of sp³-hybridized carbons (Fsp3) is 0.148. The summed E-state index contributed by atoms with van der Waals surface area (Å²) in [5, 5.41) is 1.18.